The van der Waals surface area contributed by atoms with Gasteiger partial charge < -0.3 is 10.3 Å². The molecule has 0 amide bonds. The molecule has 1 aromatic rings. The summed E-state index contributed by atoms with van der Waals surface area (Å²) in [6, 6.07) is 0. The summed E-state index contributed by atoms with van der Waals surface area (Å²) in [4.78, 5) is 4.36. The van der Waals surface area contributed by atoms with Gasteiger partial charge in [0.05, 0.1) is 5.75 Å². The molecule has 1 rings (SSSR count). The zero-order chi connectivity index (χ0) is 12.4. The van der Waals surface area contributed by atoms with Crippen LogP contribution in [0.2, 0.25) is 0 Å². The van der Waals surface area contributed by atoms with E-state index in [9.17, 15) is 0 Å². The molecule has 92 valence electrons. The fourth-order valence-corrected chi connectivity index (χ4v) is 1.94. The van der Waals surface area contributed by atoms with Crippen LogP contribution in [-0.2, 0) is 11.2 Å². The maximum absolute atomic E-state index is 5.89. The van der Waals surface area contributed by atoms with Gasteiger partial charge in [0, 0.05) is 16.7 Å². The highest BCUT2D eigenvalue weighted by Gasteiger charge is 2.21. The maximum Gasteiger partial charge on any atom is 0.236 e. The Hall–Kier alpha value is -0.550. The summed E-state index contributed by atoms with van der Waals surface area (Å²) >= 11 is 1.72. The number of rotatable bonds is 4. The van der Waals surface area contributed by atoms with E-state index in [2.05, 4.69) is 30.9 Å². The highest BCUT2D eigenvalue weighted by molar-refractivity contribution is 7.98. The monoisotopic (exact) mass is 243 g/mol. The van der Waals surface area contributed by atoms with Crippen LogP contribution >= 0.6 is 11.8 Å². The minimum atomic E-state index is -0.155. The van der Waals surface area contributed by atoms with E-state index in [1.807, 2.05) is 13.8 Å². The summed E-state index contributed by atoms with van der Waals surface area (Å²) in [5.41, 5.74) is 5.68. The molecule has 0 aliphatic heterocycles. The molecular weight excluding hydrogens is 222 g/mol. The van der Waals surface area contributed by atoms with Crippen LogP contribution in [0.1, 0.15) is 46.3 Å². The van der Waals surface area contributed by atoms with Crippen molar-refractivity contribution in [1.82, 2.24) is 10.1 Å². The Morgan fingerprint density at radius 2 is 1.88 bits per heavy atom. The van der Waals surface area contributed by atoms with Gasteiger partial charge in [-0.1, -0.05) is 25.9 Å². The number of hydrogen-bond donors (Lipinski definition) is 1. The van der Waals surface area contributed by atoms with Gasteiger partial charge in [-0.05, 0) is 13.8 Å². The van der Waals surface area contributed by atoms with E-state index in [0.29, 0.717) is 5.89 Å². The molecule has 5 heteroatoms. The molecule has 0 saturated carbocycles. The van der Waals surface area contributed by atoms with Crippen molar-refractivity contribution < 1.29 is 4.52 Å². The van der Waals surface area contributed by atoms with Crippen molar-refractivity contribution in [1.29, 1.82) is 0 Å². The van der Waals surface area contributed by atoms with Crippen LogP contribution in [0.25, 0.3) is 0 Å². The topological polar surface area (TPSA) is 64.9 Å². The molecule has 2 N–H and O–H groups in total. The van der Waals surface area contributed by atoms with E-state index < -0.39 is 0 Å². The summed E-state index contributed by atoms with van der Waals surface area (Å²) in [6.07, 6.45) is 0. The van der Waals surface area contributed by atoms with Crippen molar-refractivity contribution in [2.45, 2.75) is 51.3 Å². The molecule has 0 aliphatic rings. The molecule has 0 atom stereocenters. The van der Waals surface area contributed by atoms with Crippen LogP contribution in [-0.4, -0.2) is 21.4 Å². The average Bonchev–Trinajstić information content (AvgIpc) is 2.49. The summed E-state index contributed by atoms with van der Waals surface area (Å²) in [7, 11) is 0. The zero-order valence-electron chi connectivity index (χ0n) is 10.7. The first-order valence-electron chi connectivity index (χ1n) is 5.38. The summed E-state index contributed by atoms with van der Waals surface area (Å²) in [6.45, 7) is 10.2. The van der Waals surface area contributed by atoms with Crippen LogP contribution in [0.15, 0.2) is 4.52 Å². The van der Waals surface area contributed by atoms with Crippen molar-refractivity contribution in [2.24, 2.45) is 5.73 Å². The molecule has 4 nitrogen and oxygen atoms in total. The van der Waals surface area contributed by atoms with Gasteiger partial charge in [-0.3, -0.25) is 0 Å². The Labute approximate surface area is 101 Å². The van der Waals surface area contributed by atoms with E-state index in [1.54, 1.807) is 11.8 Å². The van der Waals surface area contributed by atoms with Crippen molar-refractivity contribution in [3.63, 3.8) is 0 Å². The van der Waals surface area contributed by atoms with Crippen molar-refractivity contribution in [3.8, 4) is 0 Å². The number of nitrogens with two attached hydrogens (primary N) is 1. The second-order valence-corrected chi connectivity index (χ2v) is 6.73. The quantitative estimate of drug-likeness (QED) is 0.879. The third-order valence-corrected chi connectivity index (χ3v) is 3.24. The first kappa shape index (κ1) is 13.5. The first-order valence-corrected chi connectivity index (χ1v) is 6.54. The second-order valence-electron chi connectivity index (χ2n) is 5.74. The average molecular weight is 243 g/mol. The van der Waals surface area contributed by atoms with Gasteiger partial charge in [-0.25, -0.2) is 0 Å². The lowest BCUT2D eigenvalue weighted by Gasteiger charge is -2.16. The minimum Gasteiger partial charge on any atom is -0.338 e. The third kappa shape index (κ3) is 4.53. The van der Waals surface area contributed by atoms with Crippen LogP contribution < -0.4 is 5.73 Å². The number of aromatic nitrogens is 2. The van der Waals surface area contributed by atoms with E-state index in [4.69, 9.17) is 10.3 Å². The Bertz CT molecular complexity index is 336. The highest BCUT2D eigenvalue weighted by Crippen LogP contribution is 2.21. The van der Waals surface area contributed by atoms with Gasteiger partial charge in [0.15, 0.2) is 5.82 Å². The highest BCUT2D eigenvalue weighted by atomic mass is 32.2. The smallest absolute Gasteiger partial charge is 0.236 e. The SMILES string of the molecule is CC(C)(N)CSCc1nc(C(C)(C)C)no1. The Morgan fingerprint density at radius 1 is 1.25 bits per heavy atom. The van der Waals surface area contributed by atoms with Crippen molar-refractivity contribution >= 4 is 11.8 Å². The van der Waals surface area contributed by atoms with Crippen LogP contribution in [0.4, 0.5) is 0 Å². The van der Waals surface area contributed by atoms with E-state index >= 15 is 0 Å². The molecule has 1 heterocycles. The van der Waals surface area contributed by atoms with Crippen molar-refractivity contribution in [3.05, 3.63) is 11.7 Å². The molecule has 0 bridgehead atoms. The lowest BCUT2D eigenvalue weighted by molar-refractivity contribution is 0.372. The second kappa shape index (κ2) is 4.75. The number of hydrogen-bond acceptors (Lipinski definition) is 5. The molecule has 0 unspecified atom stereocenters. The molecule has 16 heavy (non-hydrogen) atoms. The molecule has 0 fully saturated rings. The lowest BCUT2D eigenvalue weighted by atomic mass is 9.96. The van der Waals surface area contributed by atoms with E-state index in [-0.39, 0.29) is 11.0 Å². The van der Waals surface area contributed by atoms with Crippen LogP contribution in [0.5, 0.6) is 0 Å². The van der Waals surface area contributed by atoms with Crippen molar-refractivity contribution in [2.75, 3.05) is 5.75 Å². The molecule has 0 saturated heterocycles. The van der Waals surface area contributed by atoms with Gasteiger partial charge in [0.25, 0.3) is 0 Å². The standard InChI is InChI=1S/C11H21N3OS/c1-10(2,3)9-13-8(15-14-9)6-16-7-11(4,5)12/h6-7,12H2,1-5H3. The number of nitrogens with zero attached hydrogens (tertiary/aromatic N) is 2. The largest absolute Gasteiger partial charge is 0.338 e. The summed E-state index contributed by atoms with van der Waals surface area (Å²) in [5.74, 6) is 3.04. The fraction of sp³-hybridized carbons (Fsp3) is 0.818. The lowest BCUT2D eigenvalue weighted by Crippen LogP contribution is -2.34. The van der Waals surface area contributed by atoms with E-state index in [0.717, 1.165) is 17.3 Å². The molecule has 0 aliphatic carbocycles. The zero-order valence-corrected chi connectivity index (χ0v) is 11.5. The van der Waals surface area contributed by atoms with Crippen LogP contribution in [0.3, 0.4) is 0 Å². The van der Waals surface area contributed by atoms with Gasteiger partial charge >= 0.3 is 0 Å². The third-order valence-electron chi connectivity index (χ3n) is 1.84. The van der Waals surface area contributed by atoms with Gasteiger partial charge in [0.2, 0.25) is 5.89 Å². The van der Waals surface area contributed by atoms with Gasteiger partial charge in [-0.15, -0.1) is 0 Å². The predicted octanol–water partition coefficient (Wildman–Crippen LogP) is 2.34. The Morgan fingerprint density at radius 3 is 2.31 bits per heavy atom. The Balaban J connectivity index is 2.48. The van der Waals surface area contributed by atoms with Crippen LogP contribution in [0, 0.1) is 0 Å². The minimum absolute atomic E-state index is 0.0560. The summed E-state index contributed by atoms with van der Waals surface area (Å²) < 4.78 is 5.18. The summed E-state index contributed by atoms with van der Waals surface area (Å²) in [5, 5.41) is 3.97. The molecular formula is C11H21N3OS. The number of thioether (sulfide) groups is 1. The predicted molar refractivity (Wildman–Crippen MR) is 67.4 cm³/mol. The molecule has 1 aromatic heterocycles. The maximum atomic E-state index is 5.89. The first-order chi connectivity index (χ1) is 7.18. The molecule has 0 aromatic carbocycles. The van der Waals surface area contributed by atoms with E-state index in [1.165, 1.54) is 0 Å². The van der Waals surface area contributed by atoms with Gasteiger partial charge in [-0.2, -0.15) is 16.7 Å². The van der Waals surface area contributed by atoms with Gasteiger partial charge in [0.1, 0.15) is 0 Å². The fourth-order valence-electron chi connectivity index (χ4n) is 1.02. The normalized spacial score (nSPS) is 13.1. The molecule has 0 spiro atoms. The Kier molecular flexibility index (Phi) is 4.02. The molecule has 0 radical (unpaired) electrons.